The van der Waals surface area contributed by atoms with E-state index in [9.17, 15) is 4.79 Å². The van der Waals surface area contributed by atoms with E-state index in [1.807, 2.05) is 36.0 Å². The van der Waals surface area contributed by atoms with Gasteiger partial charge in [0.1, 0.15) is 4.88 Å². The van der Waals surface area contributed by atoms with Crippen molar-refractivity contribution in [2.75, 3.05) is 39.4 Å². The van der Waals surface area contributed by atoms with E-state index in [-0.39, 0.29) is 5.91 Å². The van der Waals surface area contributed by atoms with Gasteiger partial charge in [-0.1, -0.05) is 11.3 Å². The molecule has 0 spiro atoms. The molecule has 1 N–H and O–H groups in total. The summed E-state index contributed by atoms with van der Waals surface area (Å²) in [5, 5.41) is 3.83. The number of hydrogen-bond donors (Lipinski definition) is 1. The zero-order chi connectivity index (χ0) is 16.1. The van der Waals surface area contributed by atoms with Gasteiger partial charge in [-0.3, -0.25) is 9.69 Å². The van der Waals surface area contributed by atoms with Crippen molar-refractivity contribution >= 4 is 17.2 Å². The molecule has 1 aliphatic rings. The van der Waals surface area contributed by atoms with Crippen molar-refractivity contribution < 1.29 is 9.53 Å². The van der Waals surface area contributed by atoms with Gasteiger partial charge in [0.15, 0.2) is 5.13 Å². The number of amides is 1. The first-order valence-corrected chi connectivity index (χ1v) is 8.75. The van der Waals surface area contributed by atoms with Crippen LogP contribution in [0.3, 0.4) is 0 Å². The lowest BCUT2D eigenvalue weighted by Crippen LogP contribution is -2.38. The van der Waals surface area contributed by atoms with E-state index in [0.29, 0.717) is 11.4 Å². The number of rotatable bonds is 6. The van der Waals surface area contributed by atoms with Crippen molar-refractivity contribution in [3.05, 3.63) is 35.1 Å². The van der Waals surface area contributed by atoms with E-state index in [1.54, 1.807) is 0 Å². The van der Waals surface area contributed by atoms with Crippen molar-refractivity contribution in [2.45, 2.75) is 13.3 Å². The predicted octanol–water partition coefficient (Wildman–Crippen LogP) is 1.69. The number of hydrogen-bond acceptors (Lipinski definition) is 5. The van der Waals surface area contributed by atoms with Crippen LogP contribution in [-0.2, 0) is 4.74 Å². The molecule has 2 aromatic heterocycles. The minimum Gasteiger partial charge on any atom is -0.379 e. The second-order valence-corrected chi connectivity index (χ2v) is 6.54. The number of aryl methyl sites for hydroxylation is 1. The highest BCUT2D eigenvalue weighted by Crippen LogP contribution is 2.21. The molecular formula is C16H22N4O2S. The van der Waals surface area contributed by atoms with Crippen LogP contribution in [0.15, 0.2) is 24.5 Å². The normalized spacial score (nSPS) is 15.7. The van der Waals surface area contributed by atoms with Gasteiger partial charge in [0.2, 0.25) is 0 Å². The number of thiazole rings is 1. The maximum absolute atomic E-state index is 12.3. The third-order valence-electron chi connectivity index (χ3n) is 3.86. The monoisotopic (exact) mass is 334 g/mol. The SMILES string of the molecule is Cc1nc(-n2cccc2)sc1C(=O)NCCCN1CCOCC1. The second-order valence-electron chi connectivity index (χ2n) is 5.56. The van der Waals surface area contributed by atoms with Gasteiger partial charge in [0.05, 0.1) is 18.9 Å². The Bertz CT molecular complexity index is 633. The van der Waals surface area contributed by atoms with Crippen LogP contribution in [-0.4, -0.2) is 59.8 Å². The van der Waals surface area contributed by atoms with Crippen molar-refractivity contribution in [3.8, 4) is 5.13 Å². The molecule has 0 bridgehead atoms. The summed E-state index contributed by atoms with van der Waals surface area (Å²) in [6.45, 7) is 7.17. The van der Waals surface area contributed by atoms with E-state index >= 15 is 0 Å². The van der Waals surface area contributed by atoms with E-state index in [2.05, 4.69) is 15.2 Å². The Morgan fingerprint density at radius 3 is 2.83 bits per heavy atom. The lowest BCUT2D eigenvalue weighted by Gasteiger charge is -2.26. The van der Waals surface area contributed by atoms with Gasteiger partial charge in [-0.05, 0) is 32.0 Å². The number of aromatic nitrogens is 2. The van der Waals surface area contributed by atoms with Crippen LogP contribution >= 0.6 is 11.3 Å². The van der Waals surface area contributed by atoms with Crippen molar-refractivity contribution in [1.29, 1.82) is 0 Å². The molecule has 3 heterocycles. The summed E-state index contributed by atoms with van der Waals surface area (Å²) in [6, 6.07) is 3.89. The van der Waals surface area contributed by atoms with Crippen LogP contribution in [0, 0.1) is 6.92 Å². The summed E-state index contributed by atoms with van der Waals surface area (Å²) in [7, 11) is 0. The Morgan fingerprint density at radius 2 is 2.09 bits per heavy atom. The van der Waals surface area contributed by atoms with E-state index < -0.39 is 0 Å². The van der Waals surface area contributed by atoms with E-state index in [0.717, 1.165) is 50.1 Å². The Balaban J connectivity index is 1.48. The highest BCUT2D eigenvalue weighted by molar-refractivity contribution is 7.16. The number of ether oxygens (including phenoxy) is 1. The molecule has 1 amide bonds. The third kappa shape index (κ3) is 4.19. The highest BCUT2D eigenvalue weighted by atomic mass is 32.1. The summed E-state index contributed by atoms with van der Waals surface area (Å²) in [5.74, 6) is -0.0274. The van der Waals surface area contributed by atoms with Gasteiger partial charge < -0.3 is 14.6 Å². The number of morpholine rings is 1. The Morgan fingerprint density at radius 1 is 1.35 bits per heavy atom. The number of nitrogens with zero attached hydrogens (tertiary/aromatic N) is 3. The number of carbonyl (C=O) groups excluding carboxylic acids is 1. The van der Waals surface area contributed by atoms with Crippen LogP contribution in [0.1, 0.15) is 21.8 Å². The quantitative estimate of drug-likeness (QED) is 0.817. The lowest BCUT2D eigenvalue weighted by atomic mass is 10.3. The highest BCUT2D eigenvalue weighted by Gasteiger charge is 2.16. The van der Waals surface area contributed by atoms with Gasteiger partial charge in [0.25, 0.3) is 5.91 Å². The molecule has 0 radical (unpaired) electrons. The molecule has 1 aliphatic heterocycles. The molecule has 2 aromatic rings. The summed E-state index contributed by atoms with van der Waals surface area (Å²) in [4.78, 5) is 19.9. The molecule has 0 aromatic carbocycles. The maximum Gasteiger partial charge on any atom is 0.263 e. The van der Waals surface area contributed by atoms with Gasteiger partial charge in [0, 0.05) is 32.0 Å². The minimum atomic E-state index is -0.0274. The molecule has 1 saturated heterocycles. The Hall–Kier alpha value is -1.70. The zero-order valence-corrected chi connectivity index (χ0v) is 14.1. The molecule has 1 fully saturated rings. The van der Waals surface area contributed by atoms with Crippen LogP contribution in [0.4, 0.5) is 0 Å². The van der Waals surface area contributed by atoms with Crippen molar-refractivity contribution in [3.63, 3.8) is 0 Å². The average molecular weight is 334 g/mol. The molecule has 0 atom stereocenters. The van der Waals surface area contributed by atoms with Crippen molar-refractivity contribution in [1.82, 2.24) is 19.8 Å². The van der Waals surface area contributed by atoms with Crippen molar-refractivity contribution in [2.24, 2.45) is 0 Å². The first-order chi connectivity index (χ1) is 11.2. The Kier molecular flexibility index (Phi) is 5.43. The van der Waals surface area contributed by atoms with E-state index in [4.69, 9.17) is 4.74 Å². The van der Waals surface area contributed by atoms with Crippen LogP contribution in [0.2, 0.25) is 0 Å². The largest absolute Gasteiger partial charge is 0.379 e. The first kappa shape index (κ1) is 16.2. The topological polar surface area (TPSA) is 59.4 Å². The second kappa shape index (κ2) is 7.72. The maximum atomic E-state index is 12.3. The van der Waals surface area contributed by atoms with E-state index in [1.165, 1.54) is 11.3 Å². The molecule has 6 nitrogen and oxygen atoms in total. The smallest absolute Gasteiger partial charge is 0.263 e. The minimum absolute atomic E-state index is 0.0274. The summed E-state index contributed by atoms with van der Waals surface area (Å²) in [6.07, 6.45) is 4.82. The molecule has 0 unspecified atom stereocenters. The lowest BCUT2D eigenvalue weighted by molar-refractivity contribution is 0.0374. The average Bonchev–Trinajstić information content (AvgIpc) is 3.21. The number of nitrogens with one attached hydrogen (secondary N) is 1. The first-order valence-electron chi connectivity index (χ1n) is 7.93. The van der Waals surface area contributed by atoms with Crippen LogP contribution < -0.4 is 5.32 Å². The molecule has 3 rings (SSSR count). The molecule has 7 heteroatoms. The molecular weight excluding hydrogens is 312 g/mol. The molecule has 0 aliphatic carbocycles. The molecule has 0 saturated carbocycles. The third-order valence-corrected chi connectivity index (χ3v) is 5.03. The fourth-order valence-corrected chi connectivity index (χ4v) is 3.53. The fraction of sp³-hybridized carbons (Fsp3) is 0.500. The summed E-state index contributed by atoms with van der Waals surface area (Å²) >= 11 is 1.42. The fourth-order valence-electron chi connectivity index (χ4n) is 2.57. The van der Waals surface area contributed by atoms with Gasteiger partial charge in [-0.15, -0.1) is 0 Å². The predicted molar refractivity (Wildman–Crippen MR) is 90.4 cm³/mol. The Labute approximate surface area is 140 Å². The van der Waals surface area contributed by atoms with Crippen LogP contribution in [0.25, 0.3) is 5.13 Å². The van der Waals surface area contributed by atoms with Crippen LogP contribution in [0.5, 0.6) is 0 Å². The summed E-state index contributed by atoms with van der Waals surface area (Å²) in [5.41, 5.74) is 0.782. The standard InChI is InChI=1S/C16H22N4O2S/c1-13-14(23-16(18-13)20-7-2-3-8-20)15(21)17-5-4-6-19-9-11-22-12-10-19/h2-3,7-8H,4-6,9-12H2,1H3,(H,17,21). The van der Waals surface area contributed by atoms with Gasteiger partial charge >= 0.3 is 0 Å². The summed E-state index contributed by atoms with van der Waals surface area (Å²) < 4.78 is 7.25. The van der Waals surface area contributed by atoms with Gasteiger partial charge in [-0.25, -0.2) is 4.98 Å². The molecule has 124 valence electrons. The number of carbonyl (C=O) groups is 1. The molecule has 23 heavy (non-hydrogen) atoms. The zero-order valence-electron chi connectivity index (χ0n) is 13.3. The van der Waals surface area contributed by atoms with Gasteiger partial charge in [-0.2, -0.15) is 0 Å².